The van der Waals surface area contributed by atoms with E-state index < -0.39 is 0 Å². The van der Waals surface area contributed by atoms with Crippen molar-refractivity contribution in [1.82, 2.24) is 20.0 Å². The summed E-state index contributed by atoms with van der Waals surface area (Å²) in [6.07, 6.45) is 0. The predicted octanol–water partition coefficient (Wildman–Crippen LogP) is 3.02. The number of H-pyrrole nitrogens is 1. The zero-order valence-electron chi connectivity index (χ0n) is 15.5. The van der Waals surface area contributed by atoms with Gasteiger partial charge in [0.05, 0.1) is 12.6 Å². The summed E-state index contributed by atoms with van der Waals surface area (Å²) in [6.45, 7) is 3.23. The molecule has 2 heterocycles. The second-order valence-electron chi connectivity index (χ2n) is 6.79. The first-order chi connectivity index (χ1) is 13.1. The Morgan fingerprint density at radius 1 is 1.11 bits per heavy atom. The number of benzene rings is 2. The number of rotatable bonds is 3. The van der Waals surface area contributed by atoms with E-state index in [1.165, 1.54) is 0 Å². The van der Waals surface area contributed by atoms with Crippen LogP contribution in [0, 0.1) is 0 Å². The number of nitrogens with one attached hydrogen (secondary N) is 2. The van der Waals surface area contributed by atoms with E-state index in [9.17, 15) is 4.79 Å². The average molecular weight is 365 g/mol. The van der Waals surface area contributed by atoms with Crippen molar-refractivity contribution in [2.75, 3.05) is 45.7 Å². The molecule has 1 fully saturated rings. The van der Waals surface area contributed by atoms with E-state index in [-0.39, 0.29) is 6.03 Å². The first-order valence-corrected chi connectivity index (χ1v) is 9.01. The van der Waals surface area contributed by atoms with Crippen LogP contribution in [0.15, 0.2) is 42.5 Å². The number of methoxy groups -OCH3 is 1. The van der Waals surface area contributed by atoms with Gasteiger partial charge in [0.1, 0.15) is 5.75 Å². The normalized spacial score (nSPS) is 15.1. The Balaban J connectivity index is 1.54. The SMILES string of the molecule is COc1cccc(-c2ccc3c(NC(=O)N4CCN(C)CC4)n[nH]c3c2)c1. The molecular weight excluding hydrogens is 342 g/mol. The van der Waals surface area contributed by atoms with E-state index in [2.05, 4.69) is 27.5 Å². The number of fused-ring (bicyclic) bond motifs is 1. The van der Waals surface area contributed by atoms with Gasteiger partial charge in [0, 0.05) is 31.6 Å². The van der Waals surface area contributed by atoms with Gasteiger partial charge in [-0.25, -0.2) is 4.79 Å². The summed E-state index contributed by atoms with van der Waals surface area (Å²) < 4.78 is 5.30. The number of carbonyl (C=O) groups is 1. The fraction of sp³-hybridized carbons (Fsp3) is 0.300. The Bertz CT molecular complexity index is 960. The number of aromatic amines is 1. The molecule has 0 bridgehead atoms. The molecule has 1 aliphatic rings. The summed E-state index contributed by atoms with van der Waals surface area (Å²) in [5.74, 6) is 1.38. The lowest BCUT2D eigenvalue weighted by Gasteiger charge is -2.32. The van der Waals surface area contributed by atoms with Crippen LogP contribution in [0.1, 0.15) is 0 Å². The summed E-state index contributed by atoms with van der Waals surface area (Å²) in [5.41, 5.74) is 3.00. The van der Waals surface area contributed by atoms with Crippen LogP contribution in [-0.4, -0.2) is 66.4 Å². The van der Waals surface area contributed by atoms with Crippen LogP contribution in [-0.2, 0) is 0 Å². The number of amides is 2. The zero-order chi connectivity index (χ0) is 18.8. The molecule has 2 N–H and O–H groups in total. The van der Waals surface area contributed by atoms with Crippen molar-refractivity contribution in [2.45, 2.75) is 0 Å². The van der Waals surface area contributed by atoms with Crippen molar-refractivity contribution < 1.29 is 9.53 Å². The fourth-order valence-electron chi connectivity index (χ4n) is 3.29. The number of hydrogen-bond donors (Lipinski definition) is 2. The summed E-state index contributed by atoms with van der Waals surface area (Å²) in [5, 5.41) is 11.1. The summed E-state index contributed by atoms with van der Waals surface area (Å²) in [4.78, 5) is 16.5. The molecule has 4 rings (SSSR count). The Kier molecular flexibility index (Phi) is 4.68. The third-order valence-electron chi connectivity index (χ3n) is 4.98. The van der Waals surface area contributed by atoms with Crippen LogP contribution in [0.2, 0.25) is 0 Å². The second kappa shape index (κ2) is 7.28. The monoisotopic (exact) mass is 365 g/mol. The molecule has 3 aromatic rings. The van der Waals surface area contributed by atoms with Crippen LogP contribution in [0.4, 0.5) is 10.6 Å². The molecule has 1 aromatic heterocycles. The van der Waals surface area contributed by atoms with Crippen LogP contribution in [0.3, 0.4) is 0 Å². The van der Waals surface area contributed by atoms with Crippen LogP contribution in [0.25, 0.3) is 22.0 Å². The van der Waals surface area contributed by atoms with Crippen LogP contribution >= 0.6 is 0 Å². The molecule has 1 aliphatic heterocycles. The third kappa shape index (κ3) is 3.59. The number of hydrogen-bond acceptors (Lipinski definition) is 4. The number of piperazine rings is 1. The molecule has 0 aliphatic carbocycles. The highest BCUT2D eigenvalue weighted by Crippen LogP contribution is 2.29. The molecule has 140 valence electrons. The standard InChI is InChI=1S/C20H23N5O2/c1-24-8-10-25(11-9-24)20(26)21-19-17-7-6-15(13-18(17)22-23-19)14-4-3-5-16(12-14)27-2/h3-7,12-13H,8-11H2,1-2H3,(H2,21,22,23,26). The highest BCUT2D eigenvalue weighted by molar-refractivity contribution is 6.00. The van der Waals surface area contributed by atoms with Crippen molar-refractivity contribution in [3.05, 3.63) is 42.5 Å². The topological polar surface area (TPSA) is 73.5 Å². The number of urea groups is 1. The molecule has 7 nitrogen and oxygen atoms in total. The van der Waals surface area contributed by atoms with Gasteiger partial charge in [-0.15, -0.1) is 0 Å². The van der Waals surface area contributed by atoms with E-state index in [0.29, 0.717) is 5.82 Å². The number of nitrogens with zero attached hydrogens (tertiary/aromatic N) is 3. The molecule has 0 saturated carbocycles. The van der Waals surface area contributed by atoms with Gasteiger partial charge in [-0.3, -0.25) is 10.4 Å². The molecule has 0 atom stereocenters. The quantitative estimate of drug-likeness (QED) is 0.748. The Morgan fingerprint density at radius 2 is 1.89 bits per heavy atom. The number of carbonyl (C=O) groups excluding carboxylic acids is 1. The summed E-state index contributed by atoms with van der Waals surface area (Å²) in [7, 11) is 3.73. The molecule has 0 radical (unpaired) electrons. The molecule has 27 heavy (non-hydrogen) atoms. The molecule has 2 amide bonds. The van der Waals surface area contributed by atoms with E-state index in [1.54, 1.807) is 7.11 Å². The molecule has 0 spiro atoms. The second-order valence-corrected chi connectivity index (χ2v) is 6.79. The van der Waals surface area contributed by atoms with E-state index >= 15 is 0 Å². The molecule has 1 saturated heterocycles. The Morgan fingerprint density at radius 3 is 2.67 bits per heavy atom. The first-order valence-electron chi connectivity index (χ1n) is 9.01. The molecular formula is C20H23N5O2. The highest BCUT2D eigenvalue weighted by Gasteiger charge is 2.20. The van der Waals surface area contributed by atoms with Crippen LogP contribution in [0.5, 0.6) is 5.75 Å². The van der Waals surface area contributed by atoms with Gasteiger partial charge in [0.2, 0.25) is 0 Å². The number of anilines is 1. The van der Waals surface area contributed by atoms with Crippen molar-refractivity contribution in [3.63, 3.8) is 0 Å². The summed E-state index contributed by atoms with van der Waals surface area (Å²) in [6, 6.07) is 13.8. The third-order valence-corrected chi connectivity index (χ3v) is 4.98. The van der Waals surface area contributed by atoms with Gasteiger partial charge in [0.15, 0.2) is 5.82 Å². The van der Waals surface area contributed by atoms with Crippen molar-refractivity contribution in [2.24, 2.45) is 0 Å². The van der Waals surface area contributed by atoms with Crippen molar-refractivity contribution >= 4 is 22.8 Å². The molecule has 0 unspecified atom stereocenters. The largest absolute Gasteiger partial charge is 0.497 e. The Labute approximate surface area is 157 Å². The lowest BCUT2D eigenvalue weighted by molar-refractivity contribution is 0.164. The number of likely N-dealkylation sites (N-methyl/N-ethyl adjacent to an activating group) is 1. The van der Waals surface area contributed by atoms with Gasteiger partial charge in [-0.05, 0) is 42.4 Å². The minimum absolute atomic E-state index is 0.103. The zero-order valence-corrected chi connectivity index (χ0v) is 15.5. The molecule has 2 aromatic carbocycles. The lowest BCUT2D eigenvalue weighted by atomic mass is 10.0. The van der Waals surface area contributed by atoms with Crippen LogP contribution < -0.4 is 10.1 Å². The minimum atomic E-state index is -0.103. The summed E-state index contributed by atoms with van der Waals surface area (Å²) >= 11 is 0. The maximum absolute atomic E-state index is 12.5. The fourth-order valence-corrected chi connectivity index (χ4v) is 3.29. The predicted molar refractivity (Wildman–Crippen MR) is 106 cm³/mol. The van der Waals surface area contributed by atoms with E-state index in [1.807, 2.05) is 47.4 Å². The van der Waals surface area contributed by atoms with Gasteiger partial charge < -0.3 is 14.5 Å². The van der Waals surface area contributed by atoms with Gasteiger partial charge in [0.25, 0.3) is 0 Å². The van der Waals surface area contributed by atoms with Crippen molar-refractivity contribution in [1.29, 1.82) is 0 Å². The first kappa shape index (κ1) is 17.4. The molecule has 7 heteroatoms. The maximum Gasteiger partial charge on any atom is 0.323 e. The lowest BCUT2D eigenvalue weighted by Crippen LogP contribution is -2.48. The van der Waals surface area contributed by atoms with Gasteiger partial charge >= 0.3 is 6.03 Å². The Hall–Kier alpha value is -3.06. The number of ether oxygens (including phenoxy) is 1. The van der Waals surface area contributed by atoms with Crippen molar-refractivity contribution in [3.8, 4) is 16.9 Å². The van der Waals surface area contributed by atoms with E-state index in [0.717, 1.165) is 54.0 Å². The highest BCUT2D eigenvalue weighted by atomic mass is 16.5. The smallest absolute Gasteiger partial charge is 0.323 e. The maximum atomic E-state index is 12.5. The van der Waals surface area contributed by atoms with E-state index in [4.69, 9.17) is 4.74 Å². The number of aromatic nitrogens is 2. The minimum Gasteiger partial charge on any atom is -0.497 e. The average Bonchev–Trinajstić information content (AvgIpc) is 3.10. The van der Waals surface area contributed by atoms with Gasteiger partial charge in [-0.2, -0.15) is 5.10 Å². The van der Waals surface area contributed by atoms with Gasteiger partial charge in [-0.1, -0.05) is 18.2 Å².